The second kappa shape index (κ2) is 10.1. The first-order valence-corrected chi connectivity index (χ1v) is 10.1. The minimum absolute atomic E-state index is 0.0411. The van der Waals surface area contributed by atoms with Gasteiger partial charge in [-0.1, -0.05) is 30.3 Å². The smallest absolute Gasteiger partial charge is 0.225 e. The van der Waals surface area contributed by atoms with Gasteiger partial charge in [0.2, 0.25) is 11.8 Å². The van der Waals surface area contributed by atoms with Crippen molar-refractivity contribution in [1.82, 2.24) is 9.80 Å². The molecule has 0 aliphatic carbocycles. The molecule has 2 aromatic carbocycles. The van der Waals surface area contributed by atoms with Gasteiger partial charge in [-0.3, -0.25) is 9.59 Å². The van der Waals surface area contributed by atoms with E-state index in [2.05, 4.69) is 10.2 Å². The molecule has 6 nitrogen and oxygen atoms in total. The third-order valence-corrected chi connectivity index (χ3v) is 5.16. The highest BCUT2D eigenvalue weighted by atomic mass is 16.5. The lowest BCUT2D eigenvalue weighted by atomic mass is 9.95. The van der Waals surface area contributed by atoms with Crippen molar-refractivity contribution in [3.05, 3.63) is 54.6 Å². The maximum Gasteiger partial charge on any atom is 0.225 e. The predicted molar refractivity (Wildman–Crippen MR) is 114 cm³/mol. The summed E-state index contributed by atoms with van der Waals surface area (Å²) in [5.41, 5.74) is 0.664. The molecule has 6 heteroatoms. The van der Waals surface area contributed by atoms with Crippen LogP contribution in [0, 0.1) is 5.92 Å². The van der Waals surface area contributed by atoms with Crippen LogP contribution in [0.15, 0.2) is 54.6 Å². The molecule has 1 N–H and O–H groups in total. The molecule has 1 aliphatic heterocycles. The number of ether oxygens (including phenoxy) is 1. The molecule has 29 heavy (non-hydrogen) atoms. The van der Waals surface area contributed by atoms with Crippen molar-refractivity contribution >= 4 is 17.5 Å². The molecular formula is C23H29N3O3. The highest BCUT2D eigenvalue weighted by Gasteiger charge is 2.26. The third kappa shape index (κ3) is 6.06. The maximum atomic E-state index is 12.5. The SMILES string of the molecule is CN(C)C(=O)C1CCN(CCC(=O)Nc2ccccc2Oc2ccccc2)CC1. The first-order valence-electron chi connectivity index (χ1n) is 10.1. The van der Waals surface area contributed by atoms with Crippen molar-refractivity contribution in [2.75, 3.05) is 39.0 Å². The van der Waals surface area contributed by atoms with Gasteiger partial charge < -0.3 is 19.9 Å². The Bertz CT molecular complexity index is 815. The minimum atomic E-state index is -0.0411. The van der Waals surface area contributed by atoms with E-state index in [0.717, 1.165) is 31.7 Å². The number of rotatable bonds is 7. The summed E-state index contributed by atoms with van der Waals surface area (Å²) in [6.07, 6.45) is 2.12. The molecule has 154 valence electrons. The monoisotopic (exact) mass is 395 g/mol. The molecule has 2 amide bonds. The molecular weight excluding hydrogens is 366 g/mol. The quantitative estimate of drug-likeness (QED) is 0.778. The zero-order valence-corrected chi connectivity index (χ0v) is 17.1. The summed E-state index contributed by atoms with van der Waals surface area (Å²) < 4.78 is 5.90. The Morgan fingerprint density at radius 1 is 1.03 bits per heavy atom. The van der Waals surface area contributed by atoms with E-state index < -0.39 is 0 Å². The Hall–Kier alpha value is -2.86. The van der Waals surface area contributed by atoms with E-state index in [9.17, 15) is 9.59 Å². The second-order valence-electron chi connectivity index (χ2n) is 7.56. The van der Waals surface area contributed by atoms with E-state index in [-0.39, 0.29) is 17.7 Å². The number of carbonyl (C=O) groups excluding carboxylic acids is 2. The Morgan fingerprint density at radius 2 is 1.69 bits per heavy atom. The number of para-hydroxylation sites is 3. The van der Waals surface area contributed by atoms with E-state index in [4.69, 9.17) is 4.74 Å². The molecule has 1 saturated heterocycles. The summed E-state index contributed by atoms with van der Waals surface area (Å²) in [5, 5.41) is 2.96. The van der Waals surface area contributed by atoms with Crippen LogP contribution in [0.3, 0.4) is 0 Å². The Balaban J connectivity index is 1.48. The fourth-order valence-corrected chi connectivity index (χ4v) is 3.52. The third-order valence-electron chi connectivity index (χ3n) is 5.16. The molecule has 0 spiro atoms. The van der Waals surface area contributed by atoms with E-state index in [1.807, 2.05) is 54.6 Å². The van der Waals surface area contributed by atoms with E-state index >= 15 is 0 Å². The summed E-state index contributed by atoms with van der Waals surface area (Å²) in [5.74, 6) is 1.62. The van der Waals surface area contributed by atoms with E-state index in [1.54, 1.807) is 19.0 Å². The van der Waals surface area contributed by atoms with Crippen molar-refractivity contribution in [3.63, 3.8) is 0 Å². The summed E-state index contributed by atoms with van der Waals surface area (Å²) >= 11 is 0. The van der Waals surface area contributed by atoms with Crippen LogP contribution >= 0.6 is 0 Å². The van der Waals surface area contributed by atoms with Gasteiger partial charge in [-0.2, -0.15) is 0 Å². The van der Waals surface area contributed by atoms with Gasteiger partial charge in [0.1, 0.15) is 5.75 Å². The highest BCUT2D eigenvalue weighted by molar-refractivity contribution is 5.92. The number of benzene rings is 2. The zero-order valence-electron chi connectivity index (χ0n) is 17.1. The Labute approximate surface area is 172 Å². The van der Waals surface area contributed by atoms with Gasteiger partial charge in [0.15, 0.2) is 5.75 Å². The molecule has 1 fully saturated rings. The normalized spacial score (nSPS) is 15.0. The van der Waals surface area contributed by atoms with Gasteiger partial charge >= 0.3 is 0 Å². The molecule has 0 aromatic heterocycles. The van der Waals surface area contributed by atoms with Crippen molar-refractivity contribution in [1.29, 1.82) is 0 Å². The number of nitrogens with zero attached hydrogens (tertiary/aromatic N) is 2. The largest absolute Gasteiger partial charge is 0.455 e. The summed E-state index contributed by atoms with van der Waals surface area (Å²) in [7, 11) is 3.61. The Kier molecular flexibility index (Phi) is 7.25. The second-order valence-corrected chi connectivity index (χ2v) is 7.56. The fourth-order valence-electron chi connectivity index (χ4n) is 3.52. The maximum absolute atomic E-state index is 12.5. The summed E-state index contributed by atoms with van der Waals surface area (Å²) in [6, 6.07) is 16.9. The van der Waals surface area contributed by atoms with Gasteiger partial charge in [-0.15, -0.1) is 0 Å². The summed E-state index contributed by atoms with van der Waals surface area (Å²) in [4.78, 5) is 28.5. The average molecular weight is 396 g/mol. The number of carbonyl (C=O) groups is 2. The number of anilines is 1. The first kappa shape index (κ1) is 20.9. The lowest BCUT2D eigenvalue weighted by Crippen LogP contribution is -2.41. The zero-order chi connectivity index (χ0) is 20.6. The lowest BCUT2D eigenvalue weighted by molar-refractivity contribution is -0.134. The van der Waals surface area contributed by atoms with Crippen molar-refractivity contribution in [2.45, 2.75) is 19.3 Å². The molecule has 0 saturated carbocycles. The number of hydrogen-bond acceptors (Lipinski definition) is 4. The van der Waals surface area contributed by atoms with Gasteiger partial charge in [0, 0.05) is 33.0 Å². The van der Waals surface area contributed by atoms with Crippen LogP contribution in [0.5, 0.6) is 11.5 Å². The lowest BCUT2D eigenvalue weighted by Gasteiger charge is -2.32. The van der Waals surface area contributed by atoms with Crippen LogP contribution in [-0.4, -0.2) is 55.3 Å². The molecule has 1 aliphatic rings. The van der Waals surface area contributed by atoms with Crippen molar-refractivity contribution in [3.8, 4) is 11.5 Å². The van der Waals surface area contributed by atoms with Crippen molar-refractivity contribution < 1.29 is 14.3 Å². The number of hydrogen-bond donors (Lipinski definition) is 1. The predicted octanol–water partition coefficient (Wildman–Crippen LogP) is 3.61. The van der Waals surface area contributed by atoms with Crippen LogP contribution in [-0.2, 0) is 9.59 Å². The fraction of sp³-hybridized carbons (Fsp3) is 0.391. The van der Waals surface area contributed by atoms with Gasteiger partial charge in [0.25, 0.3) is 0 Å². The standard InChI is InChI=1S/C23H29N3O3/c1-25(2)23(28)18-12-15-26(16-13-18)17-14-22(27)24-20-10-6-7-11-21(20)29-19-8-4-3-5-9-19/h3-11,18H,12-17H2,1-2H3,(H,24,27). The number of amides is 2. The average Bonchev–Trinajstić information content (AvgIpc) is 2.74. The van der Waals surface area contributed by atoms with Crippen molar-refractivity contribution in [2.24, 2.45) is 5.92 Å². The highest BCUT2D eigenvalue weighted by Crippen LogP contribution is 2.29. The topological polar surface area (TPSA) is 61.9 Å². The Morgan fingerprint density at radius 3 is 2.38 bits per heavy atom. The molecule has 2 aromatic rings. The van der Waals surface area contributed by atoms with Crippen LogP contribution in [0.25, 0.3) is 0 Å². The molecule has 0 atom stereocenters. The van der Waals surface area contributed by atoms with E-state index in [1.165, 1.54) is 0 Å². The molecule has 0 radical (unpaired) electrons. The van der Waals surface area contributed by atoms with Crippen LogP contribution in [0.2, 0.25) is 0 Å². The van der Waals surface area contributed by atoms with Gasteiger partial charge in [0.05, 0.1) is 5.69 Å². The molecule has 3 rings (SSSR count). The van der Waals surface area contributed by atoms with Gasteiger partial charge in [-0.05, 0) is 50.2 Å². The minimum Gasteiger partial charge on any atom is -0.455 e. The summed E-state index contributed by atoms with van der Waals surface area (Å²) in [6.45, 7) is 2.40. The first-order chi connectivity index (χ1) is 14.0. The van der Waals surface area contributed by atoms with Crippen LogP contribution < -0.4 is 10.1 Å². The number of nitrogens with one attached hydrogen (secondary N) is 1. The van der Waals surface area contributed by atoms with Crippen LogP contribution in [0.4, 0.5) is 5.69 Å². The molecule has 0 bridgehead atoms. The van der Waals surface area contributed by atoms with Gasteiger partial charge in [-0.25, -0.2) is 0 Å². The molecule has 1 heterocycles. The number of piperidine rings is 1. The van der Waals surface area contributed by atoms with Crippen LogP contribution in [0.1, 0.15) is 19.3 Å². The number of likely N-dealkylation sites (tertiary alicyclic amines) is 1. The van der Waals surface area contributed by atoms with E-state index in [0.29, 0.717) is 24.4 Å². The molecule has 0 unspecified atom stereocenters.